The Morgan fingerprint density at radius 1 is 1.27 bits per heavy atom. The summed E-state index contributed by atoms with van der Waals surface area (Å²) in [7, 11) is 0. The van der Waals surface area contributed by atoms with E-state index in [0.29, 0.717) is 6.04 Å². The minimum absolute atomic E-state index is 0.697. The molecular formula is C14H21N. The molecule has 1 N–H and O–H groups in total. The molecule has 1 heteroatoms. The van der Waals surface area contributed by atoms with Gasteiger partial charge in [-0.3, -0.25) is 0 Å². The van der Waals surface area contributed by atoms with Gasteiger partial charge in [0.15, 0.2) is 0 Å². The van der Waals surface area contributed by atoms with E-state index >= 15 is 0 Å². The van der Waals surface area contributed by atoms with Crippen molar-refractivity contribution in [1.82, 2.24) is 5.32 Å². The lowest BCUT2D eigenvalue weighted by Crippen LogP contribution is -2.39. The van der Waals surface area contributed by atoms with Crippen LogP contribution in [0.2, 0.25) is 0 Å². The van der Waals surface area contributed by atoms with Crippen LogP contribution in [0.25, 0.3) is 0 Å². The molecule has 1 heterocycles. The fourth-order valence-corrected chi connectivity index (χ4v) is 2.34. The Kier molecular flexibility index (Phi) is 3.42. The van der Waals surface area contributed by atoms with Crippen molar-refractivity contribution >= 4 is 0 Å². The molecule has 1 nitrogen and oxygen atoms in total. The van der Waals surface area contributed by atoms with E-state index in [-0.39, 0.29) is 0 Å². The quantitative estimate of drug-likeness (QED) is 0.779. The Labute approximate surface area is 92.9 Å². The number of hydrogen-bond donors (Lipinski definition) is 1. The Hall–Kier alpha value is -0.820. The molecule has 2 atom stereocenters. The molecule has 2 unspecified atom stereocenters. The van der Waals surface area contributed by atoms with Gasteiger partial charge in [0.25, 0.3) is 0 Å². The van der Waals surface area contributed by atoms with Gasteiger partial charge in [0.2, 0.25) is 0 Å². The summed E-state index contributed by atoms with van der Waals surface area (Å²) in [5.74, 6) is 0.859. The molecule has 1 fully saturated rings. The van der Waals surface area contributed by atoms with Crippen LogP contribution in [-0.4, -0.2) is 12.6 Å². The fourth-order valence-electron chi connectivity index (χ4n) is 2.34. The Morgan fingerprint density at radius 3 is 2.73 bits per heavy atom. The van der Waals surface area contributed by atoms with Crippen LogP contribution in [0.15, 0.2) is 24.3 Å². The van der Waals surface area contributed by atoms with Crippen molar-refractivity contribution in [2.24, 2.45) is 5.92 Å². The van der Waals surface area contributed by atoms with E-state index in [9.17, 15) is 0 Å². The molecule has 0 amide bonds. The number of aryl methyl sites for hydroxylation is 1. The lowest BCUT2D eigenvalue weighted by atomic mass is 9.91. The second-order valence-electron chi connectivity index (χ2n) is 4.92. The van der Waals surface area contributed by atoms with Gasteiger partial charge in [-0.25, -0.2) is 0 Å². The number of hydrogen-bond acceptors (Lipinski definition) is 1. The third-order valence-electron chi connectivity index (χ3n) is 3.49. The van der Waals surface area contributed by atoms with Gasteiger partial charge in [-0.05, 0) is 49.8 Å². The number of piperidine rings is 1. The first kappa shape index (κ1) is 10.7. The third-order valence-corrected chi connectivity index (χ3v) is 3.49. The minimum atomic E-state index is 0.697. The number of rotatable bonds is 2. The average molecular weight is 203 g/mol. The van der Waals surface area contributed by atoms with E-state index in [4.69, 9.17) is 0 Å². The highest BCUT2D eigenvalue weighted by Crippen LogP contribution is 2.18. The molecule has 0 bridgehead atoms. The number of benzene rings is 1. The van der Waals surface area contributed by atoms with Crippen LogP contribution in [-0.2, 0) is 6.42 Å². The maximum Gasteiger partial charge on any atom is 0.0108 e. The zero-order valence-electron chi connectivity index (χ0n) is 9.79. The Morgan fingerprint density at radius 2 is 2.07 bits per heavy atom. The van der Waals surface area contributed by atoms with E-state index < -0.39 is 0 Å². The summed E-state index contributed by atoms with van der Waals surface area (Å²) in [5.41, 5.74) is 2.93. The average Bonchev–Trinajstić information content (AvgIpc) is 2.25. The van der Waals surface area contributed by atoms with Crippen molar-refractivity contribution in [3.05, 3.63) is 35.4 Å². The fraction of sp³-hybridized carbons (Fsp3) is 0.571. The van der Waals surface area contributed by atoms with Gasteiger partial charge in [0.1, 0.15) is 0 Å². The Balaban J connectivity index is 1.95. The summed E-state index contributed by atoms with van der Waals surface area (Å²) in [4.78, 5) is 0. The zero-order chi connectivity index (χ0) is 10.7. The normalized spacial score (nSPS) is 26.5. The van der Waals surface area contributed by atoms with Crippen LogP contribution < -0.4 is 5.32 Å². The van der Waals surface area contributed by atoms with Gasteiger partial charge >= 0.3 is 0 Å². The van der Waals surface area contributed by atoms with Gasteiger partial charge in [-0.2, -0.15) is 0 Å². The molecular weight excluding hydrogens is 182 g/mol. The van der Waals surface area contributed by atoms with Crippen LogP contribution >= 0.6 is 0 Å². The molecule has 82 valence electrons. The molecule has 1 aromatic rings. The SMILES string of the molecule is Cc1ccccc1CC1CCC(C)CN1. The highest BCUT2D eigenvalue weighted by molar-refractivity contribution is 5.26. The molecule has 0 spiro atoms. The molecule has 2 rings (SSSR count). The molecule has 15 heavy (non-hydrogen) atoms. The summed E-state index contributed by atoms with van der Waals surface area (Å²) in [5, 5.41) is 3.64. The van der Waals surface area contributed by atoms with Gasteiger partial charge in [0, 0.05) is 6.04 Å². The predicted octanol–water partition coefficient (Wildman–Crippen LogP) is 2.93. The van der Waals surface area contributed by atoms with Crippen LogP contribution in [0.3, 0.4) is 0 Å². The van der Waals surface area contributed by atoms with Crippen molar-refractivity contribution < 1.29 is 0 Å². The van der Waals surface area contributed by atoms with Crippen molar-refractivity contribution in [2.75, 3.05) is 6.54 Å². The van der Waals surface area contributed by atoms with Gasteiger partial charge in [0.05, 0.1) is 0 Å². The molecule has 0 aromatic heterocycles. The van der Waals surface area contributed by atoms with E-state index in [1.54, 1.807) is 0 Å². The van der Waals surface area contributed by atoms with E-state index in [2.05, 4.69) is 43.4 Å². The molecule has 1 saturated heterocycles. The highest BCUT2D eigenvalue weighted by Gasteiger charge is 2.17. The summed E-state index contributed by atoms with van der Waals surface area (Å²) in [6.07, 6.45) is 3.90. The second kappa shape index (κ2) is 4.80. The van der Waals surface area contributed by atoms with Crippen LogP contribution in [0, 0.1) is 12.8 Å². The van der Waals surface area contributed by atoms with Crippen molar-refractivity contribution in [3.8, 4) is 0 Å². The summed E-state index contributed by atoms with van der Waals surface area (Å²) in [6.45, 7) is 5.73. The zero-order valence-corrected chi connectivity index (χ0v) is 9.79. The molecule has 0 radical (unpaired) electrons. The van der Waals surface area contributed by atoms with Gasteiger partial charge < -0.3 is 5.32 Å². The molecule has 1 aliphatic heterocycles. The maximum absolute atomic E-state index is 3.64. The molecule has 1 aliphatic rings. The highest BCUT2D eigenvalue weighted by atomic mass is 14.9. The summed E-state index contributed by atoms with van der Waals surface area (Å²) < 4.78 is 0. The second-order valence-corrected chi connectivity index (χ2v) is 4.92. The lowest BCUT2D eigenvalue weighted by molar-refractivity contribution is 0.326. The third kappa shape index (κ3) is 2.82. The molecule has 0 saturated carbocycles. The first-order chi connectivity index (χ1) is 7.25. The van der Waals surface area contributed by atoms with Crippen molar-refractivity contribution in [2.45, 2.75) is 39.2 Å². The first-order valence-electron chi connectivity index (χ1n) is 6.03. The predicted molar refractivity (Wildman–Crippen MR) is 65.1 cm³/mol. The summed E-state index contributed by atoms with van der Waals surface area (Å²) >= 11 is 0. The number of nitrogens with one attached hydrogen (secondary N) is 1. The molecule has 1 aromatic carbocycles. The summed E-state index contributed by atoms with van der Waals surface area (Å²) in [6, 6.07) is 9.43. The Bertz CT molecular complexity index is 311. The van der Waals surface area contributed by atoms with Crippen molar-refractivity contribution in [1.29, 1.82) is 0 Å². The van der Waals surface area contributed by atoms with Crippen LogP contribution in [0.5, 0.6) is 0 Å². The van der Waals surface area contributed by atoms with E-state index in [0.717, 1.165) is 5.92 Å². The lowest BCUT2D eigenvalue weighted by Gasteiger charge is -2.28. The largest absolute Gasteiger partial charge is 0.313 e. The first-order valence-corrected chi connectivity index (χ1v) is 6.03. The van der Waals surface area contributed by atoms with E-state index in [1.807, 2.05) is 0 Å². The molecule has 0 aliphatic carbocycles. The maximum atomic E-state index is 3.64. The van der Waals surface area contributed by atoms with Crippen LogP contribution in [0.4, 0.5) is 0 Å². The van der Waals surface area contributed by atoms with E-state index in [1.165, 1.54) is 36.9 Å². The minimum Gasteiger partial charge on any atom is -0.313 e. The van der Waals surface area contributed by atoms with Gasteiger partial charge in [-0.1, -0.05) is 31.2 Å². The van der Waals surface area contributed by atoms with Gasteiger partial charge in [-0.15, -0.1) is 0 Å². The monoisotopic (exact) mass is 203 g/mol. The van der Waals surface area contributed by atoms with Crippen LogP contribution in [0.1, 0.15) is 30.9 Å². The standard InChI is InChI=1S/C14H21N/c1-11-7-8-14(15-10-11)9-13-6-4-3-5-12(13)2/h3-6,11,14-15H,7-10H2,1-2H3. The topological polar surface area (TPSA) is 12.0 Å². The smallest absolute Gasteiger partial charge is 0.0108 e. The van der Waals surface area contributed by atoms with Crippen molar-refractivity contribution in [3.63, 3.8) is 0 Å².